The van der Waals surface area contributed by atoms with Gasteiger partial charge in [0.1, 0.15) is 11.4 Å². The smallest absolute Gasteiger partial charge is 0.476 e. The van der Waals surface area contributed by atoms with Gasteiger partial charge >= 0.3 is 12.3 Å². The van der Waals surface area contributed by atoms with Gasteiger partial charge in [0.05, 0.1) is 5.69 Å². The van der Waals surface area contributed by atoms with E-state index in [0.29, 0.717) is 11.3 Å². The number of rotatable bonds is 4. The van der Waals surface area contributed by atoms with Crippen molar-refractivity contribution in [1.82, 2.24) is 15.0 Å². The van der Waals surface area contributed by atoms with Gasteiger partial charge in [-0.05, 0) is 24.3 Å². The molecule has 3 aromatic rings. The minimum atomic E-state index is -4.79. The minimum absolute atomic E-state index is 0.220. The van der Waals surface area contributed by atoms with E-state index in [2.05, 4.69) is 15.0 Å². The van der Waals surface area contributed by atoms with E-state index in [-0.39, 0.29) is 11.4 Å². The lowest BCUT2D eigenvalue weighted by molar-refractivity contribution is -0.274. The first-order valence-corrected chi connectivity index (χ1v) is 6.96. The Labute approximate surface area is 139 Å². The molecule has 0 fully saturated rings. The number of halogens is 3. The third-order valence-electron chi connectivity index (χ3n) is 3.23. The van der Waals surface area contributed by atoms with E-state index in [9.17, 15) is 23.1 Å². The van der Waals surface area contributed by atoms with E-state index in [1.54, 1.807) is 30.3 Å². The summed E-state index contributed by atoms with van der Waals surface area (Å²) < 4.78 is 41.7. The van der Waals surface area contributed by atoms with Crippen LogP contribution in [0.25, 0.3) is 16.9 Å². The predicted molar refractivity (Wildman–Crippen MR) is 80.4 cm³/mol. The second kappa shape index (κ2) is 6.27. The number of alkyl halides is 3. The van der Waals surface area contributed by atoms with E-state index < -0.39 is 18.1 Å². The van der Waals surface area contributed by atoms with Crippen molar-refractivity contribution in [3.8, 4) is 22.7 Å². The summed E-state index contributed by atoms with van der Waals surface area (Å²) in [5.41, 5.74) is 0.855. The molecule has 0 saturated heterocycles. The van der Waals surface area contributed by atoms with Crippen LogP contribution in [0.4, 0.5) is 13.2 Å². The third kappa shape index (κ3) is 3.60. The van der Waals surface area contributed by atoms with Gasteiger partial charge < -0.3 is 9.84 Å². The molecule has 0 radical (unpaired) electrons. The third-order valence-corrected chi connectivity index (χ3v) is 3.23. The molecule has 0 atom stereocenters. The Balaban J connectivity index is 2.05. The first-order valence-electron chi connectivity index (χ1n) is 6.96. The van der Waals surface area contributed by atoms with E-state index in [1.165, 1.54) is 16.8 Å². The average molecular weight is 349 g/mol. The Morgan fingerprint density at radius 1 is 1.04 bits per heavy atom. The lowest BCUT2D eigenvalue weighted by Gasteiger charge is -2.10. The van der Waals surface area contributed by atoms with Crippen LogP contribution in [0.15, 0.2) is 54.6 Å². The number of ether oxygens (including phenoxy) is 1. The van der Waals surface area contributed by atoms with Crippen LogP contribution in [0.3, 0.4) is 0 Å². The number of benzene rings is 2. The van der Waals surface area contributed by atoms with Crippen molar-refractivity contribution in [3.63, 3.8) is 0 Å². The molecule has 1 N–H and O–H groups in total. The van der Waals surface area contributed by atoms with Crippen LogP contribution in [-0.4, -0.2) is 32.4 Å². The molecule has 128 valence electrons. The highest BCUT2D eigenvalue weighted by molar-refractivity contribution is 5.93. The first kappa shape index (κ1) is 16.5. The number of hydrogen-bond acceptors (Lipinski definition) is 4. The Kier molecular flexibility index (Phi) is 4.14. The summed E-state index contributed by atoms with van der Waals surface area (Å²) in [5.74, 6) is -1.65. The normalized spacial score (nSPS) is 11.3. The highest BCUT2D eigenvalue weighted by Crippen LogP contribution is 2.27. The molecule has 1 heterocycles. The second-order valence-electron chi connectivity index (χ2n) is 4.91. The van der Waals surface area contributed by atoms with Crippen molar-refractivity contribution >= 4 is 5.97 Å². The van der Waals surface area contributed by atoms with Gasteiger partial charge in [-0.3, -0.25) is 0 Å². The van der Waals surface area contributed by atoms with Crippen molar-refractivity contribution in [1.29, 1.82) is 0 Å². The van der Waals surface area contributed by atoms with E-state index >= 15 is 0 Å². The molecule has 0 aliphatic rings. The second-order valence-corrected chi connectivity index (χ2v) is 4.91. The molecule has 0 saturated carbocycles. The summed E-state index contributed by atoms with van der Waals surface area (Å²) in [6, 6.07) is 13.4. The maximum absolute atomic E-state index is 12.2. The lowest BCUT2D eigenvalue weighted by Crippen LogP contribution is -2.17. The zero-order chi connectivity index (χ0) is 18.0. The summed E-state index contributed by atoms with van der Waals surface area (Å²) in [6.45, 7) is 0. The molecule has 0 spiro atoms. The highest BCUT2D eigenvalue weighted by Gasteiger charge is 2.31. The Morgan fingerprint density at radius 3 is 2.24 bits per heavy atom. The Hall–Kier alpha value is -3.36. The number of nitrogens with zero attached hydrogens (tertiary/aromatic N) is 3. The van der Waals surface area contributed by atoms with Gasteiger partial charge in [0.25, 0.3) is 0 Å². The van der Waals surface area contributed by atoms with Crippen molar-refractivity contribution in [2.24, 2.45) is 0 Å². The molecular weight excluding hydrogens is 339 g/mol. The van der Waals surface area contributed by atoms with Gasteiger partial charge in [0.15, 0.2) is 5.69 Å². The van der Waals surface area contributed by atoms with Crippen molar-refractivity contribution in [2.45, 2.75) is 6.36 Å². The molecular formula is C16H10F3N3O3. The van der Waals surface area contributed by atoms with Crippen LogP contribution in [-0.2, 0) is 0 Å². The fraction of sp³-hybridized carbons (Fsp3) is 0.0625. The molecule has 2 aromatic carbocycles. The molecule has 6 nitrogen and oxygen atoms in total. The monoisotopic (exact) mass is 349 g/mol. The van der Waals surface area contributed by atoms with Gasteiger partial charge in [0, 0.05) is 5.56 Å². The van der Waals surface area contributed by atoms with Crippen molar-refractivity contribution < 1.29 is 27.8 Å². The largest absolute Gasteiger partial charge is 0.573 e. The zero-order valence-corrected chi connectivity index (χ0v) is 12.4. The maximum atomic E-state index is 12.2. The van der Waals surface area contributed by atoms with Gasteiger partial charge in [-0.15, -0.1) is 18.3 Å². The number of carboxylic acids is 1. The SMILES string of the molecule is O=C(O)c1nnn(-c2ccc(OC(F)(F)F)cc2)c1-c1ccccc1. The quantitative estimate of drug-likeness (QED) is 0.780. The van der Waals surface area contributed by atoms with E-state index in [0.717, 1.165) is 12.1 Å². The minimum Gasteiger partial charge on any atom is -0.476 e. The average Bonchev–Trinajstić information content (AvgIpc) is 3.00. The van der Waals surface area contributed by atoms with Crippen molar-refractivity contribution in [2.75, 3.05) is 0 Å². The van der Waals surface area contributed by atoms with E-state index in [4.69, 9.17) is 0 Å². The van der Waals surface area contributed by atoms with Gasteiger partial charge in [0.2, 0.25) is 0 Å². The topological polar surface area (TPSA) is 77.2 Å². The molecule has 25 heavy (non-hydrogen) atoms. The van der Waals surface area contributed by atoms with Gasteiger partial charge in [-0.1, -0.05) is 35.5 Å². The summed E-state index contributed by atoms with van der Waals surface area (Å²) >= 11 is 0. The zero-order valence-electron chi connectivity index (χ0n) is 12.4. The predicted octanol–water partition coefficient (Wildman–Crippen LogP) is 3.53. The number of carbonyl (C=O) groups is 1. The van der Waals surface area contributed by atoms with Crippen LogP contribution in [0, 0.1) is 0 Å². The van der Waals surface area contributed by atoms with Crippen LogP contribution in [0.5, 0.6) is 5.75 Å². The molecule has 0 unspecified atom stereocenters. The molecule has 1 aromatic heterocycles. The molecule has 3 rings (SSSR count). The summed E-state index contributed by atoms with van der Waals surface area (Å²) in [5, 5.41) is 16.8. The molecule has 9 heteroatoms. The maximum Gasteiger partial charge on any atom is 0.573 e. The van der Waals surface area contributed by atoms with Crippen LogP contribution >= 0.6 is 0 Å². The van der Waals surface area contributed by atoms with Gasteiger partial charge in [-0.25, -0.2) is 9.48 Å². The summed E-state index contributed by atoms with van der Waals surface area (Å²) in [7, 11) is 0. The number of aromatic nitrogens is 3. The fourth-order valence-electron chi connectivity index (χ4n) is 2.25. The highest BCUT2D eigenvalue weighted by atomic mass is 19.4. The standard InChI is InChI=1S/C16H10F3N3O3/c17-16(18,19)25-12-8-6-11(7-9-12)22-14(10-4-2-1-3-5-10)13(15(23)24)20-21-22/h1-9H,(H,23,24). The molecule has 0 amide bonds. The van der Waals surface area contributed by atoms with Crippen LogP contribution < -0.4 is 4.74 Å². The summed E-state index contributed by atoms with van der Waals surface area (Å²) in [6.07, 6.45) is -4.79. The number of aromatic carboxylic acids is 1. The first-order chi connectivity index (χ1) is 11.8. The number of carboxylic acid groups (broad SMARTS) is 1. The summed E-state index contributed by atoms with van der Waals surface area (Å²) in [4.78, 5) is 11.4. The van der Waals surface area contributed by atoms with Crippen LogP contribution in [0.2, 0.25) is 0 Å². The van der Waals surface area contributed by atoms with Crippen LogP contribution in [0.1, 0.15) is 10.5 Å². The Bertz CT molecular complexity index is 890. The van der Waals surface area contributed by atoms with E-state index in [1.807, 2.05) is 0 Å². The fourth-order valence-corrected chi connectivity index (χ4v) is 2.25. The number of hydrogen-bond donors (Lipinski definition) is 1. The molecule has 0 aliphatic carbocycles. The molecule has 0 aliphatic heterocycles. The van der Waals surface area contributed by atoms with Gasteiger partial charge in [-0.2, -0.15) is 0 Å². The van der Waals surface area contributed by atoms with Crippen molar-refractivity contribution in [3.05, 3.63) is 60.3 Å². The lowest BCUT2D eigenvalue weighted by atomic mass is 10.1. The molecule has 0 bridgehead atoms. The Morgan fingerprint density at radius 2 is 1.68 bits per heavy atom.